The summed E-state index contributed by atoms with van der Waals surface area (Å²) in [6, 6.07) is 9.73. The van der Waals surface area contributed by atoms with Gasteiger partial charge < -0.3 is 29.3 Å². The minimum Gasteiger partial charge on any atom is -0.508 e. The molecular weight excluding hydrogens is 418 g/mol. The lowest BCUT2D eigenvalue weighted by Crippen LogP contribution is -2.26. The maximum atomic E-state index is 10.9. The lowest BCUT2D eigenvalue weighted by molar-refractivity contribution is 0.0672. The maximum Gasteiger partial charge on any atom is 0.134 e. The van der Waals surface area contributed by atoms with Crippen molar-refractivity contribution in [2.75, 3.05) is 40.5 Å². The first-order valence-corrected chi connectivity index (χ1v) is 11.3. The van der Waals surface area contributed by atoms with Gasteiger partial charge in [-0.15, -0.1) is 0 Å². The van der Waals surface area contributed by atoms with Crippen molar-refractivity contribution in [3.8, 4) is 17.2 Å². The van der Waals surface area contributed by atoms with Crippen molar-refractivity contribution < 1.29 is 24.4 Å². The van der Waals surface area contributed by atoms with Gasteiger partial charge in [-0.2, -0.15) is 0 Å². The molecule has 2 aromatic carbocycles. The van der Waals surface area contributed by atoms with Gasteiger partial charge in [-0.25, -0.2) is 0 Å². The molecule has 1 saturated heterocycles. The van der Waals surface area contributed by atoms with Crippen LogP contribution in [0.25, 0.3) is 17.7 Å². The van der Waals surface area contributed by atoms with E-state index >= 15 is 0 Å². The Hall–Kier alpha value is -3.22. The normalized spacial score (nSPS) is 19.2. The van der Waals surface area contributed by atoms with Crippen LogP contribution in [0.5, 0.6) is 17.2 Å². The monoisotopic (exact) mass is 447 g/mol. The number of aliphatic hydroxyl groups is 1. The molecular formula is C27H29NO5. The zero-order valence-electron chi connectivity index (χ0n) is 19.0. The fraction of sp³-hybridized carbons (Fsp3) is 0.333. The first-order chi connectivity index (χ1) is 16.0. The van der Waals surface area contributed by atoms with E-state index in [4.69, 9.17) is 14.2 Å². The lowest BCUT2D eigenvalue weighted by atomic mass is 9.91. The highest BCUT2D eigenvalue weighted by molar-refractivity contribution is 5.78. The van der Waals surface area contributed by atoms with E-state index in [0.717, 1.165) is 40.6 Å². The van der Waals surface area contributed by atoms with E-state index in [-0.39, 0.29) is 17.6 Å². The van der Waals surface area contributed by atoms with Crippen LogP contribution in [0.4, 0.5) is 0 Å². The molecule has 172 valence electrons. The summed E-state index contributed by atoms with van der Waals surface area (Å²) in [6.45, 7) is 2.42. The second kappa shape index (κ2) is 8.96. The summed E-state index contributed by atoms with van der Waals surface area (Å²) in [4.78, 5) is 2.08. The Balaban J connectivity index is 1.44. The summed E-state index contributed by atoms with van der Waals surface area (Å²) in [6.07, 6.45) is 6.76. The number of aromatic hydroxyl groups is 1. The van der Waals surface area contributed by atoms with Crippen molar-refractivity contribution in [1.82, 2.24) is 4.90 Å². The smallest absolute Gasteiger partial charge is 0.134 e. The Morgan fingerprint density at radius 1 is 1.12 bits per heavy atom. The zero-order valence-corrected chi connectivity index (χ0v) is 19.0. The van der Waals surface area contributed by atoms with E-state index in [0.29, 0.717) is 42.8 Å². The van der Waals surface area contributed by atoms with Gasteiger partial charge in [0, 0.05) is 35.4 Å². The third-order valence-electron chi connectivity index (χ3n) is 6.25. The molecule has 0 bridgehead atoms. The summed E-state index contributed by atoms with van der Waals surface area (Å²) in [5.74, 6) is 1.86. The van der Waals surface area contributed by atoms with Crippen LogP contribution < -0.4 is 19.9 Å². The largest absolute Gasteiger partial charge is 0.508 e. The Labute approximate surface area is 193 Å². The number of benzene rings is 2. The Bertz CT molecular complexity index is 1240. The topological polar surface area (TPSA) is 71.4 Å². The van der Waals surface area contributed by atoms with E-state index in [9.17, 15) is 10.2 Å². The van der Waals surface area contributed by atoms with Crippen molar-refractivity contribution in [3.63, 3.8) is 0 Å². The van der Waals surface area contributed by atoms with E-state index in [1.807, 2.05) is 38.4 Å². The molecule has 0 aromatic heterocycles. The molecule has 1 aliphatic carbocycles. The summed E-state index contributed by atoms with van der Waals surface area (Å²) in [5, 5.41) is 23.1. The first-order valence-electron chi connectivity index (χ1n) is 11.3. The second-order valence-electron chi connectivity index (χ2n) is 8.89. The van der Waals surface area contributed by atoms with Crippen LogP contribution in [0.3, 0.4) is 0 Å². The van der Waals surface area contributed by atoms with Crippen LogP contribution in [-0.4, -0.2) is 55.6 Å². The van der Waals surface area contributed by atoms with Gasteiger partial charge >= 0.3 is 0 Å². The molecule has 1 fully saturated rings. The van der Waals surface area contributed by atoms with Crippen molar-refractivity contribution in [3.05, 3.63) is 69.3 Å². The molecule has 6 heteroatoms. The number of hydrogen-bond acceptors (Lipinski definition) is 6. The van der Waals surface area contributed by atoms with E-state index in [1.165, 1.54) is 0 Å². The number of fused-ring (bicyclic) bond motifs is 4. The van der Waals surface area contributed by atoms with Crippen LogP contribution in [-0.2, 0) is 4.74 Å². The van der Waals surface area contributed by atoms with Gasteiger partial charge in [0.15, 0.2) is 0 Å². The number of allylic oxidation sites excluding steroid dienone is 1. The molecule has 6 nitrogen and oxygen atoms in total. The van der Waals surface area contributed by atoms with Crippen LogP contribution in [0.2, 0.25) is 0 Å². The summed E-state index contributed by atoms with van der Waals surface area (Å²) >= 11 is 0. The molecule has 0 spiro atoms. The number of phenolic OH excluding ortho intramolecular Hbond substituents is 1. The molecule has 2 N–H and O–H groups in total. The summed E-state index contributed by atoms with van der Waals surface area (Å²) < 4.78 is 17.9. The van der Waals surface area contributed by atoms with Crippen LogP contribution in [0.15, 0.2) is 47.7 Å². The molecule has 2 aliphatic heterocycles. The minimum atomic E-state index is -0.144. The quantitative estimate of drug-likeness (QED) is 0.734. The number of nitrogens with zero attached hydrogens (tertiary/aromatic N) is 1. The number of hydrogen-bond donors (Lipinski definition) is 2. The van der Waals surface area contributed by atoms with Crippen molar-refractivity contribution >= 4 is 17.7 Å². The molecule has 33 heavy (non-hydrogen) atoms. The van der Waals surface area contributed by atoms with E-state index < -0.39 is 0 Å². The second-order valence-corrected chi connectivity index (χ2v) is 8.89. The Morgan fingerprint density at radius 3 is 2.73 bits per heavy atom. The van der Waals surface area contributed by atoms with Gasteiger partial charge in [0.05, 0.1) is 19.3 Å². The number of rotatable bonds is 5. The van der Waals surface area contributed by atoms with Crippen LogP contribution >= 0.6 is 0 Å². The summed E-state index contributed by atoms with van der Waals surface area (Å²) in [5.41, 5.74) is 3.61. The van der Waals surface area contributed by atoms with E-state index in [1.54, 1.807) is 18.2 Å². The zero-order chi connectivity index (χ0) is 22.9. The van der Waals surface area contributed by atoms with Gasteiger partial charge in [-0.05, 0) is 61.2 Å². The fourth-order valence-electron chi connectivity index (χ4n) is 4.58. The SMILES string of the molecule is CN(C)CCOc1ccc(C2CC3=CC(O)=Cc4c5c(cc(O)c4=C3CO2)=CCCO5)cc1. The van der Waals surface area contributed by atoms with Gasteiger partial charge in [-0.3, -0.25) is 0 Å². The standard InChI is InChI=1S/C27H29NO5/c1-28(2)9-11-31-21-7-5-17(6-8-21)25-14-19-12-20(29)15-22-26(23(19)16-33-25)24(30)13-18-4-3-10-32-27(18)22/h4-8,12-13,15,25,29-30H,3,9-11,14,16H2,1-2H3. The average molecular weight is 448 g/mol. The van der Waals surface area contributed by atoms with Crippen LogP contribution in [0.1, 0.15) is 30.1 Å². The molecule has 1 unspecified atom stereocenters. The Morgan fingerprint density at radius 2 is 1.94 bits per heavy atom. The van der Waals surface area contributed by atoms with Crippen molar-refractivity contribution in [2.45, 2.75) is 18.9 Å². The molecule has 0 radical (unpaired) electrons. The summed E-state index contributed by atoms with van der Waals surface area (Å²) in [7, 11) is 4.04. The van der Waals surface area contributed by atoms with Gasteiger partial charge in [0.2, 0.25) is 0 Å². The fourth-order valence-corrected chi connectivity index (χ4v) is 4.58. The molecule has 0 saturated carbocycles. The molecule has 2 aromatic rings. The first kappa shape index (κ1) is 21.6. The average Bonchev–Trinajstić information content (AvgIpc) is 2.95. The maximum absolute atomic E-state index is 10.9. The molecule has 5 rings (SSSR count). The number of ether oxygens (including phenoxy) is 3. The minimum absolute atomic E-state index is 0.144. The molecule has 3 aliphatic rings. The van der Waals surface area contributed by atoms with Gasteiger partial charge in [0.25, 0.3) is 0 Å². The van der Waals surface area contributed by atoms with Crippen LogP contribution in [0, 0.1) is 0 Å². The van der Waals surface area contributed by atoms with Gasteiger partial charge in [0.1, 0.15) is 29.6 Å². The number of likely N-dealkylation sites (N-methyl/N-ethyl adjacent to an activating group) is 1. The third-order valence-corrected chi connectivity index (χ3v) is 6.25. The third kappa shape index (κ3) is 4.36. The number of phenols is 1. The van der Waals surface area contributed by atoms with Crippen molar-refractivity contribution in [2.24, 2.45) is 0 Å². The molecule has 1 atom stereocenters. The Kier molecular flexibility index (Phi) is 5.87. The van der Waals surface area contributed by atoms with Gasteiger partial charge in [-0.1, -0.05) is 18.2 Å². The molecule has 2 heterocycles. The molecule has 0 amide bonds. The highest BCUT2D eigenvalue weighted by Crippen LogP contribution is 2.37. The highest BCUT2D eigenvalue weighted by atomic mass is 16.5. The highest BCUT2D eigenvalue weighted by Gasteiger charge is 2.27. The predicted octanol–water partition coefficient (Wildman–Crippen LogP) is 3.05. The predicted molar refractivity (Wildman–Crippen MR) is 128 cm³/mol. The van der Waals surface area contributed by atoms with Crippen molar-refractivity contribution in [1.29, 1.82) is 0 Å². The lowest BCUT2D eigenvalue weighted by Gasteiger charge is -2.28. The van der Waals surface area contributed by atoms with E-state index in [2.05, 4.69) is 11.0 Å². The number of aliphatic hydroxyl groups excluding tert-OH is 1.